The number of fused-ring (bicyclic) bond motifs is 4. The van der Waals surface area contributed by atoms with E-state index in [0.29, 0.717) is 106 Å². The number of rotatable bonds is 14. The van der Waals surface area contributed by atoms with Crippen LogP contribution in [0.4, 0.5) is 19.0 Å². The number of piperazine rings is 1. The van der Waals surface area contributed by atoms with Gasteiger partial charge in [-0.3, -0.25) is 4.98 Å². The minimum atomic E-state index is -2.32. The molecule has 0 unspecified atom stereocenters. The number of aromatic nitrogens is 3. The molecule has 3 atom stereocenters. The first-order valence-electron chi connectivity index (χ1n) is 24.4. The summed E-state index contributed by atoms with van der Waals surface area (Å²) >= 11 is 0. The summed E-state index contributed by atoms with van der Waals surface area (Å²) in [4.78, 5) is 19.0. The number of hydrogen-bond acceptors (Lipinski definition) is 8. The lowest BCUT2D eigenvalue weighted by Gasteiger charge is -2.43. The molecule has 2 radical (unpaired) electrons. The predicted octanol–water partition coefficient (Wildman–Crippen LogP) is 12.3. The zero-order valence-corrected chi connectivity index (χ0v) is 43.9. The molecular formula is C53H73F3N6O2Si2. The summed E-state index contributed by atoms with van der Waals surface area (Å²) in [6.45, 7) is 31.7. The first kappa shape index (κ1) is 49.9. The van der Waals surface area contributed by atoms with Gasteiger partial charge in [0.25, 0.3) is 0 Å². The van der Waals surface area contributed by atoms with Gasteiger partial charge in [-0.15, -0.1) is 5.54 Å². The predicted molar refractivity (Wildman–Crippen MR) is 269 cm³/mol. The maximum Gasteiger partial charge on any atom is 0.319 e. The first-order chi connectivity index (χ1) is 31.2. The number of nitrogens with one attached hydrogen (secondary N) is 1. The minimum absolute atomic E-state index is 0.0114. The molecule has 3 saturated heterocycles. The maximum atomic E-state index is 18.1. The number of benzene rings is 2. The molecule has 8 nitrogen and oxygen atoms in total. The van der Waals surface area contributed by atoms with Crippen LogP contribution in [0.25, 0.3) is 32.9 Å². The van der Waals surface area contributed by atoms with Crippen molar-refractivity contribution in [1.29, 1.82) is 0 Å². The average Bonchev–Trinajstić information content (AvgIpc) is 3.59. The summed E-state index contributed by atoms with van der Waals surface area (Å²) in [7, 11) is -0.204. The highest BCUT2D eigenvalue weighted by Gasteiger charge is 2.44. The fourth-order valence-corrected chi connectivity index (χ4v) is 18.6. The zero-order chi connectivity index (χ0) is 48.0. The Morgan fingerprint density at radius 2 is 1.58 bits per heavy atom. The summed E-state index contributed by atoms with van der Waals surface area (Å²) in [5.74, 6) is 4.36. The third-order valence-corrected chi connectivity index (χ3v) is 24.5. The third-order valence-electron chi connectivity index (χ3n) is 15.7. The van der Waals surface area contributed by atoms with E-state index < -0.39 is 25.1 Å². The van der Waals surface area contributed by atoms with E-state index in [1.165, 1.54) is 6.07 Å². The molecule has 66 heavy (non-hydrogen) atoms. The Bertz CT molecular complexity index is 2460. The quantitative estimate of drug-likeness (QED) is 0.0990. The Labute approximate surface area is 396 Å². The Kier molecular flexibility index (Phi) is 14.8. The number of hydrogen-bond donors (Lipinski definition) is 1. The highest BCUT2D eigenvalue weighted by molar-refractivity contribution is 6.90. The van der Waals surface area contributed by atoms with E-state index in [0.717, 1.165) is 19.4 Å². The van der Waals surface area contributed by atoms with Crippen molar-refractivity contribution in [2.24, 2.45) is 23.2 Å². The van der Waals surface area contributed by atoms with Crippen molar-refractivity contribution in [3.05, 3.63) is 59.6 Å². The molecule has 13 heteroatoms. The van der Waals surface area contributed by atoms with E-state index >= 15 is 8.78 Å². The second-order valence-corrected chi connectivity index (χ2v) is 28.6. The average molecular weight is 939 g/mol. The molecule has 3 aliphatic rings. The fourth-order valence-electron chi connectivity index (χ4n) is 12.3. The standard InChI is InChI=1S/C53H73F3N6O2Si2/c1-31(2)53(32(3)4,33(5)6)65-64-41-23-37-15-18-45(55)42(20-22-66(34(7)8,35(9)10)36(11)12)46(37)43(24-41)48-47(56)49-44(26-57-48)50(62-27-39-16-17-40(28-62)58-39)60-51(59-49)63-30-52(13)29-61(14)21-19-38(52)25-54/h15,18,23-26,31-36,39-40,58H,16-17,19,21,27-30H2,1-14H3/b38-25+/t39-,40+,52-/m0/s1. The minimum Gasteiger partial charge on any atom is -0.540 e. The second-order valence-electron chi connectivity index (χ2n) is 21.8. The highest BCUT2D eigenvalue weighted by Crippen LogP contribution is 2.50. The van der Waals surface area contributed by atoms with Crippen LogP contribution in [0.2, 0.25) is 21.7 Å². The topological polar surface area (TPSA) is 75.6 Å². The molecule has 0 spiro atoms. The van der Waals surface area contributed by atoms with Gasteiger partial charge in [0.05, 0.1) is 17.3 Å². The molecular weight excluding hydrogens is 866 g/mol. The number of piperidine rings is 1. The smallest absolute Gasteiger partial charge is 0.319 e. The summed E-state index contributed by atoms with van der Waals surface area (Å²) in [6.07, 6.45) is 5.02. The van der Waals surface area contributed by atoms with Gasteiger partial charge in [0.15, 0.2) is 5.82 Å². The van der Waals surface area contributed by atoms with Crippen LogP contribution in [0.15, 0.2) is 42.4 Å². The van der Waals surface area contributed by atoms with Crippen molar-refractivity contribution < 1.29 is 22.3 Å². The van der Waals surface area contributed by atoms with Crippen molar-refractivity contribution in [1.82, 2.24) is 25.2 Å². The van der Waals surface area contributed by atoms with Crippen molar-refractivity contribution in [2.75, 3.05) is 44.7 Å². The Morgan fingerprint density at radius 3 is 2.17 bits per heavy atom. The lowest BCUT2D eigenvalue weighted by molar-refractivity contribution is 0.109. The summed E-state index contributed by atoms with van der Waals surface area (Å²) in [5.41, 5.74) is 5.40. The van der Waals surface area contributed by atoms with Gasteiger partial charge in [-0.05, 0) is 89.8 Å². The van der Waals surface area contributed by atoms with Crippen LogP contribution in [0.5, 0.6) is 11.8 Å². The number of likely N-dealkylation sites (tertiary alicyclic amines) is 1. The maximum absolute atomic E-state index is 18.1. The zero-order valence-electron chi connectivity index (χ0n) is 41.9. The van der Waals surface area contributed by atoms with Crippen molar-refractivity contribution in [2.45, 2.75) is 143 Å². The van der Waals surface area contributed by atoms with E-state index in [1.54, 1.807) is 12.3 Å². The van der Waals surface area contributed by atoms with E-state index in [1.807, 2.05) is 26.1 Å². The van der Waals surface area contributed by atoms with Crippen LogP contribution in [-0.2, 0) is 0 Å². The van der Waals surface area contributed by atoms with Crippen LogP contribution in [0.1, 0.15) is 115 Å². The molecule has 4 aromatic rings. The molecule has 0 aliphatic carbocycles. The second kappa shape index (κ2) is 19.6. The van der Waals surface area contributed by atoms with E-state index in [2.05, 4.69) is 110 Å². The normalized spacial score (nSPS) is 21.4. The molecule has 0 amide bonds. The molecule has 3 fully saturated rings. The van der Waals surface area contributed by atoms with E-state index in [-0.39, 0.29) is 56.3 Å². The number of ether oxygens (including phenoxy) is 1. The van der Waals surface area contributed by atoms with Gasteiger partial charge < -0.3 is 24.3 Å². The Hall–Kier alpha value is -3.97. The largest absolute Gasteiger partial charge is 0.540 e. The van der Waals surface area contributed by atoms with Crippen LogP contribution >= 0.6 is 0 Å². The lowest BCUT2D eigenvalue weighted by atomic mass is 9.76. The van der Waals surface area contributed by atoms with Gasteiger partial charge >= 0.3 is 15.8 Å². The van der Waals surface area contributed by atoms with Gasteiger partial charge in [0.2, 0.25) is 0 Å². The summed E-state index contributed by atoms with van der Waals surface area (Å²) in [5, 5.41) is 5.18. The number of halogens is 3. The molecule has 2 aromatic heterocycles. The van der Waals surface area contributed by atoms with Crippen molar-refractivity contribution in [3.8, 4) is 34.5 Å². The molecule has 1 N–H and O–H groups in total. The van der Waals surface area contributed by atoms with Crippen molar-refractivity contribution in [3.63, 3.8) is 0 Å². The third kappa shape index (κ3) is 9.17. The molecule has 2 aromatic carbocycles. The lowest BCUT2D eigenvalue weighted by Crippen LogP contribution is -2.51. The first-order valence-corrected chi connectivity index (χ1v) is 27.5. The van der Waals surface area contributed by atoms with E-state index in [4.69, 9.17) is 24.1 Å². The Balaban J connectivity index is 1.46. The Morgan fingerprint density at radius 1 is 0.939 bits per heavy atom. The van der Waals surface area contributed by atoms with Crippen LogP contribution < -0.4 is 19.4 Å². The number of nitrogens with zero attached hydrogens (tertiary/aromatic N) is 5. The highest BCUT2D eigenvalue weighted by atomic mass is 28.3. The van der Waals surface area contributed by atoms with Gasteiger partial charge in [-0.2, -0.15) is 9.97 Å². The van der Waals surface area contributed by atoms with E-state index in [9.17, 15) is 4.39 Å². The summed E-state index contributed by atoms with van der Waals surface area (Å²) < 4.78 is 62.4. The molecule has 0 saturated carbocycles. The molecule has 3 aliphatic heterocycles. The van der Waals surface area contributed by atoms with Gasteiger partial charge in [-0.1, -0.05) is 102 Å². The molecule has 7 rings (SSSR count). The van der Waals surface area contributed by atoms with Gasteiger partial charge in [0, 0.05) is 65.9 Å². The SMILES string of the molecule is CC(C)C([Si]Oc1cc(-c2ncc3c(N4C[C@H]5CC[C@@H](C4)N5)nc(OC[C@]4(C)CN(C)CC/C4=C\F)nc3c2F)c2c(C#C[Si](C(C)C)(C(C)C)C(C)C)c(F)ccc2c1)(C(C)C)C(C)C. The van der Waals surface area contributed by atoms with Crippen LogP contribution in [0, 0.1) is 46.3 Å². The monoisotopic (exact) mass is 939 g/mol. The number of anilines is 1. The molecule has 2 bridgehead atoms. The molecule has 5 heterocycles. The fraction of sp³-hybridized carbons (Fsp3) is 0.604. The van der Waals surface area contributed by atoms with Crippen LogP contribution in [-0.4, -0.2) is 89.6 Å². The number of pyridine rings is 1. The summed E-state index contributed by atoms with van der Waals surface area (Å²) in [6, 6.07) is 7.52. The van der Waals surface area contributed by atoms with Gasteiger partial charge in [0.1, 0.15) is 43.3 Å². The van der Waals surface area contributed by atoms with Gasteiger partial charge in [-0.25, -0.2) is 13.2 Å². The molecule has 356 valence electrons. The van der Waals surface area contributed by atoms with Crippen molar-refractivity contribution >= 4 is 45.3 Å². The van der Waals surface area contributed by atoms with Crippen LogP contribution in [0.3, 0.4) is 0 Å².